The normalized spacial score (nSPS) is 11.7. The molecule has 2 aromatic rings. The number of hydrogen-bond acceptors (Lipinski definition) is 3. The first kappa shape index (κ1) is 11.1. The molecule has 0 radical (unpaired) electrons. The minimum Gasteiger partial charge on any atom is -0.381 e. The van der Waals surface area contributed by atoms with Gasteiger partial charge in [-0.25, -0.2) is 0 Å². The fourth-order valence-electron chi connectivity index (χ4n) is 1.38. The highest BCUT2D eigenvalue weighted by molar-refractivity contribution is 7.17. The Morgan fingerprint density at radius 2 is 2.12 bits per heavy atom. The van der Waals surface area contributed by atoms with Crippen LogP contribution >= 0.6 is 11.3 Å². The van der Waals surface area contributed by atoms with E-state index in [1.165, 1.54) is 13.8 Å². The maximum atomic E-state index is 11.6. The van der Waals surface area contributed by atoms with E-state index in [4.69, 9.17) is 0 Å². The van der Waals surface area contributed by atoms with Crippen LogP contribution in [0.15, 0.2) is 29.6 Å². The molecule has 1 amide bonds. The molecule has 1 aromatic carbocycles. The minimum absolute atomic E-state index is 0.397. The number of anilines is 1. The van der Waals surface area contributed by atoms with Gasteiger partial charge in [0, 0.05) is 15.8 Å². The van der Waals surface area contributed by atoms with E-state index in [1.807, 2.05) is 29.6 Å². The Bertz CT molecular complexity index is 525. The highest BCUT2D eigenvalue weighted by Gasteiger charge is 2.24. The molecule has 1 heterocycles. The Kier molecular flexibility index (Phi) is 2.69. The van der Waals surface area contributed by atoms with Crippen LogP contribution in [0.1, 0.15) is 13.8 Å². The first-order valence-corrected chi connectivity index (χ1v) is 5.86. The maximum Gasteiger partial charge on any atom is 0.255 e. The summed E-state index contributed by atoms with van der Waals surface area (Å²) in [4.78, 5) is 11.6. The molecule has 0 aliphatic heterocycles. The smallest absolute Gasteiger partial charge is 0.255 e. The van der Waals surface area contributed by atoms with Gasteiger partial charge in [0.2, 0.25) is 0 Å². The number of hydrogen-bond donors (Lipinski definition) is 2. The molecule has 84 valence electrons. The molecule has 16 heavy (non-hydrogen) atoms. The van der Waals surface area contributed by atoms with Crippen molar-refractivity contribution in [2.45, 2.75) is 19.4 Å². The van der Waals surface area contributed by atoms with Crippen LogP contribution < -0.4 is 5.32 Å². The lowest BCUT2D eigenvalue weighted by Gasteiger charge is -2.17. The van der Waals surface area contributed by atoms with E-state index in [0.717, 1.165) is 15.8 Å². The first-order valence-electron chi connectivity index (χ1n) is 4.98. The second-order valence-electron chi connectivity index (χ2n) is 4.15. The van der Waals surface area contributed by atoms with Crippen molar-refractivity contribution >= 4 is 33.0 Å². The Morgan fingerprint density at radius 1 is 1.38 bits per heavy atom. The number of carbonyl (C=O) groups excluding carboxylic acids is 1. The maximum absolute atomic E-state index is 11.6. The number of nitrogens with one attached hydrogen (secondary N) is 1. The van der Waals surface area contributed by atoms with Gasteiger partial charge in [-0.05, 0) is 37.4 Å². The summed E-state index contributed by atoms with van der Waals surface area (Å²) in [6, 6.07) is 7.68. The van der Waals surface area contributed by atoms with Gasteiger partial charge in [-0.2, -0.15) is 0 Å². The van der Waals surface area contributed by atoms with Crippen LogP contribution in [-0.4, -0.2) is 16.6 Å². The lowest BCUT2D eigenvalue weighted by atomic mass is 10.1. The van der Waals surface area contributed by atoms with Gasteiger partial charge in [-0.1, -0.05) is 6.07 Å². The molecule has 0 unspecified atom stereocenters. The minimum atomic E-state index is -1.36. The van der Waals surface area contributed by atoms with Crippen molar-refractivity contribution in [1.82, 2.24) is 0 Å². The Morgan fingerprint density at radius 3 is 2.81 bits per heavy atom. The quantitative estimate of drug-likeness (QED) is 0.840. The second-order valence-corrected chi connectivity index (χ2v) is 5.10. The highest BCUT2D eigenvalue weighted by Crippen LogP contribution is 2.28. The number of carbonyl (C=O) groups is 1. The molecule has 0 bridgehead atoms. The highest BCUT2D eigenvalue weighted by atomic mass is 32.1. The lowest BCUT2D eigenvalue weighted by molar-refractivity contribution is -0.130. The van der Waals surface area contributed by atoms with Crippen LogP contribution in [0.4, 0.5) is 5.69 Å². The van der Waals surface area contributed by atoms with Crippen molar-refractivity contribution in [2.75, 3.05) is 5.32 Å². The zero-order chi connectivity index (χ0) is 11.8. The predicted octanol–water partition coefficient (Wildman–Crippen LogP) is 2.61. The molecular weight excluding hydrogens is 222 g/mol. The van der Waals surface area contributed by atoms with E-state index < -0.39 is 11.5 Å². The molecule has 2 rings (SSSR count). The van der Waals surface area contributed by atoms with E-state index >= 15 is 0 Å². The third-order valence-electron chi connectivity index (χ3n) is 2.30. The van der Waals surface area contributed by atoms with E-state index in [9.17, 15) is 9.90 Å². The molecule has 0 aliphatic carbocycles. The van der Waals surface area contributed by atoms with Gasteiger partial charge in [0.15, 0.2) is 0 Å². The third kappa shape index (κ3) is 2.08. The Hall–Kier alpha value is -1.39. The van der Waals surface area contributed by atoms with Crippen LogP contribution in [0.2, 0.25) is 0 Å². The zero-order valence-corrected chi connectivity index (χ0v) is 9.97. The molecule has 3 nitrogen and oxygen atoms in total. The number of aliphatic hydroxyl groups is 1. The average molecular weight is 235 g/mol. The van der Waals surface area contributed by atoms with Crippen LogP contribution in [0, 0.1) is 0 Å². The van der Waals surface area contributed by atoms with Gasteiger partial charge in [-0.3, -0.25) is 4.79 Å². The summed E-state index contributed by atoms with van der Waals surface area (Å²) in [6.07, 6.45) is 0. The fraction of sp³-hybridized carbons (Fsp3) is 0.250. The monoisotopic (exact) mass is 235 g/mol. The predicted molar refractivity (Wildman–Crippen MR) is 66.8 cm³/mol. The van der Waals surface area contributed by atoms with Gasteiger partial charge >= 0.3 is 0 Å². The summed E-state index contributed by atoms with van der Waals surface area (Å²) in [6.45, 7) is 2.94. The summed E-state index contributed by atoms with van der Waals surface area (Å²) in [5, 5.41) is 15.3. The number of amides is 1. The van der Waals surface area contributed by atoms with E-state index in [-0.39, 0.29) is 0 Å². The van der Waals surface area contributed by atoms with Gasteiger partial charge < -0.3 is 10.4 Å². The number of rotatable bonds is 2. The molecule has 0 fully saturated rings. The summed E-state index contributed by atoms with van der Waals surface area (Å²) in [5.41, 5.74) is -0.621. The molecule has 0 spiro atoms. The van der Waals surface area contributed by atoms with E-state index in [2.05, 4.69) is 5.32 Å². The van der Waals surface area contributed by atoms with Gasteiger partial charge in [0.05, 0.1) is 0 Å². The fourth-order valence-corrected chi connectivity index (χ4v) is 2.19. The van der Waals surface area contributed by atoms with Crippen molar-refractivity contribution in [3.8, 4) is 0 Å². The summed E-state index contributed by atoms with van der Waals surface area (Å²) >= 11 is 1.62. The zero-order valence-electron chi connectivity index (χ0n) is 9.15. The van der Waals surface area contributed by atoms with Gasteiger partial charge in [0.1, 0.15) is 5.60 Å². The van der Waals surface area contributed by atoms with Crippen molar-refractivity contribution < 1.29 is 9.90 Å². The van der Waals surface area contributed by atoms with Crippen LogP contribution in [0.25, 0.3) is 10.1 Å². The summed E-state index contributed by atoms with van der Waals surface area (Å²) in [7, 11) is 0. The Balaban J connectivity index is 2.35. The molecule has 2 N–H and O–H groups in total. The molecule has 0 atom stereocenters. The molecule has 0 saturated heterocycles. The average Bonchev–Trinajstić information content (AvgIpc) is 2.65. The van der Waals surface area contributed by atoms with Crippen molar-refractivity contribution in [3.63, 3.8) is 0 Å². The van der Waals surface area contributed by atoms with Crippen molar-refractivity contribution in [3.05, 3.63) is 29.6 Å². The van der Waals surface area contributed by atoms with Crippen LogP contribution in [-0.2, 0) is 4.79 Å². The molecule has 1 aromatic heterocycles. The topological polar surface area (TPSA) is 49.3 Å². The van der Waals surface area contributed by atoms with Crippen LogP contribution in [0.3, 0.4) is 0 Å². The molecule has 0 saturated carbocycles. The molecule has 0 aliphatic rings. The third-order valence-corrected chi connectivity index (χ3v) is 3.18. The van der Waals surface area contributed by atoms with Crippen LogP contribution in [0.5, 0.6) is 0 Å². The molecular formula is C12H13NO2S. The van der Waals surface area contributed by atoms with Crippen molar-refractivity contribution in [1.29, 1.82) is 0 Å². The SMILES string of the molecule is CC(C)(O)C(=O)Nc1cccc2sccc12. The molecule has 4 heteroatoms. The van der Waals surface area contributed by atoms with E-state index in [0.29, 0.717) is 0 Å². The number of thiophene rings is 1. The second kappa shape index (κ2) is 3.88. The number of fused-ring (bicyclic) bond motifs is 1. The lowest BCUT2D eigenvalue weighted by Crippen LogP contribution is -2.36. The van der Waals surface area contributed by atoms with Gasteiger partial charge in [0.25, 0.3) is 5.91 Å². The first-order chi connectivity index (χ1) is 7.48. The standard InChI is InChI=1S/C12H13NO2S/c1-12(2,15)11(14)13-9-4-3-5-10-8(9)6-7-16-10/h3-7,15H,1-2H3,(H,13,14). The van der Waals surface area contributed by atoms with E-state index in [1.54, 1.807) is 11.3 Å². The summed E-state index contributed by atoms with van der Waals surface area (Å²) in [5.74, 6) is -0.397. The van der Waals surface area contributed by atoms with Gasteiger partial charge in [-0.15, -0.1) is 11.3 Å². The number of benzene rings is 1. The summed E-state index contributed by atoms with van der Waals surface area (Å²) < 4.78 is 1.12. The largest absolute Gasteiger partial charge is 0.381 e. The Labute approximate surface area is 97.7 Å². The van der Waals surface area contributed by atoms with Crippen molar-refractivity contribution in [2.24, 2.45) is 0 Å².